The minimum Gasteiger partial charge on any atom is -0.343 e. The van der Waals surface area contributed by atoms with E-state index in [1.54, 1.807) is 0 Å². The number of rotatable bonds is 3. The molecule has 0 spiro atoms. The highest BCUT2D eigenvalue weighted by Gasteiger charge is 2.37. The Labute approximate surface area is 114 Å². The number of ether oxygens (including phenoxy) is 2. The van der Waals surface area contributed by atoms with Crippen molar-refractivity contribution in [1.29, 1.82) is 0 Å². The van der Waals surface area contributed by atoms with E-state index in [0.717, 1.165) is 28.7 Å². The molecule has 3 rings (SSSR count). The lowest BCUT2D eigenvalue weighted by Crippen LogP contribution is -2.39. The second-order valence-corrected chi connectivity index (χ2v) is 5.20. The summed E-state index contributed by atoms with van der Waals surface area (Å²) < 4.78 is 13.8. The summed E-state index contributed by atoms with van der Waals surface area (Å²) >= 11 is 3.37. The number of nitrogens with zero attached hydrogens (tertiary/aromatic N) is 2. The zero-order valence-electron chi connectivity index (χ0n) is 10.2. The Balaban J connectivity index is 2.10. The fourth-order valence-corrected chi connectivity index (χ4v) is 2.55. The third-order valence-electron chi connectivity index (χ3n) is 3.21. The lowest BCUT2D eigenvalue weighted by Gasteiger charge is -2.33. The van der Waals surface area contributed by atoms with E-state index in [9.17, 15) is 0 Å². The van der Waals surface area contributed by atoms with Gasteiger partial charge in [-0.05, 0) is 19.1 Å². The zero-order valence-corrected chi connectivity index (χ0v) is 11.8. The summed E-state index contributed by atoms with van der Waals surface area (Å²) in [4.78, 5) is 4.66. The molecule has 0 N–H and O–H groups in total. The molecule has 1 aromatic heterocycles. The van der Waals surface area contributed by atoms with E-state index in [-0.39, 0.29) is 0 Å². The maximum atomic E-state index is 5.82. The molecule has 2 heterocycles. The van der Waals surface area contributed by atoms with Crippen molar-refractivity contribution in [3.8, 4) is 0 Å². The van der Waals surface area contributed by atoms with Gasteiger partial charge in [0.05, 0.1) is 24.2 Å². The van der Waals surface area contributed by atoms with Crippen molar-refractivity contribution in [2.45, 2.75) is 19.3 Å². The van der Waals surface area contributed by atoms with Crippen LogP contribution in [0.5, 0.6) is 0 Å². The Morgan fingerprint density at radius 3 is 3.17 bits per heavy atom. The summed E-state index contributed by atoms with van der Waals surface area (Å²) in [5.74, 6) is 0.112. The Morgan fingerprint density at radius 2 is 2.33 bits per heavy atom. The van der Waals surface area contributed by atoms with Crippen LogP contribution in [-0.2, 0) is 21.8 Å². The lowest BCUT2D eigenvalue weighted by atomic mass is 10.2. The molecular weight excluding hydrogens is 296 g/mol. The number of imidazole rings is 1. The number of alkyl halides is 1. The van der Waals surface area contributed by atoms with Crippen LogP contribution in [0.25, 0.3) is 11.0 Å². The second-order valence-electron chi connectivity index (χ2n) is 4.41. The van der Waals surface area contributed by atoms with Crippen LogP contribution in [0.15, 0.2) is 24.3 Å². The van der Waals surface area contributed by atoms with Gasteiger partial charge < -0.3 is 14.0 Å². The molecule has 0 amide bonds. The summed E-state index contributed by atoms with van der Waals surface area (Å²) in [5.41, 5.74) is 2.14. The number of halogens is 1. The van der Waals surface area contributed by atoms with Crippen LogP contribution >= 0.6 is 15.9 Å². The third kappa shape index (κ3) is 1.86. The quantitative estimate of drug-likeness (QED) is 0.818. The van der Waals surface area contributed by atoms with Gasteiger partial charge in [-0.25, -0.2) is 4.98 Å². The normalized spacial score (nSPS) is 23.2. The Kier molecular flexibility index (Phi) is 3.13. The minimum atomic E-state index is -0.745. The molecule has 0 saturated heterocycles. The molecule has 1 aromatic carbocycles. The van der Waals surface area contributed by atoms with E-state index in [2.05, 4.69) is 31.5 Å². The topological polar surface area (TPSA) is 36.3 Å². The summed E-state index contributed by atoms with van der Waals surface area (Å²) in [6, 6.07) is 8.13. The van der Waals surface area contributed by atoms with Gasteiger partial charge in [0.2, 0.25) is 5.79 Å². The number of benzene rings is 1. The molecule has 1 aliphatic heterocycles. The summed E-state index contributed by atoms with van der Waals surface area (Å²) in [5, 5.41) is 0.784. The Morgan fingerprint density at radius 1 is 1.50 bits per heavy atom. The Bertz CT molecular complexity index is 569. The molecule has 4 nitrogen and oxygen atoms in total. The van der Waals surface area contributed by atoms with Gasteiger partial charge in [0, 0.05) is 11.9 Å². The van der Waals surface area contributed by atoms with Crippen molar-refractivity contribution in [2.24, 2.45) is 0 Å². The second kappa shape index (κ2) is 4.64. The van der Waals surface area contributed by atoms with Gasteiger partial charge in [-0.3, -0.25) is 0 Å². The predicted octanol–water partition coefficient (Wildman–Crippen LogP) is 2.65. The van der Waals surface area contributed by atoms with Gasteiger partial charge in [-0.1, -0.05) is 28.1 Å². The molecule has 0 fully saturated rings. The largest absolute Gasteiger partial charge is 0.343 e. The highest BCUT2D eigenvalue weighted by atomic mass is 79.9. The first-order valence-electron chi connectivity index (χ1n) is 6.04. The molecule has 2 aromatic rings. The fraction of sp³-hybridized carbons (Fsp3) is 0.462. The smallest absolute Gasteiger partial charge is 0.225 e. The molecule has 18 heavy (non-hydrogen) atoms. The molecule has 1 atom stereocenters. The number of aromatic nitrogens is 2. The summed E-state index contributed by atoms with van der Waals surface area (Å²) in [7, 11) is 0. The maximum absolute atomic E-state index is 5.82. The highest BCUT2D eigenvalue weighted by Crippen LogP contribution is 2.32. The average molecular weight is 311 g/mol. The number of para-hydroxylation sites is 2. The lowest BCUT2D eigenvalue weighted by molar-refractivity contribution is -0.249. The van der Waals surface area contributed by atoms with Crippen LogP contribution in [0.3, 0.4) is 0 Å². The zero-order chi connectivity index (χ0) is 12.6. The van der Waals surface area contributed by atoms with Crippen LogP contribution in [0.4, 0.5) is 0 Å². The molecule has 0 bridgehead atoms. The first-order valence-corrected chi connectivity index (χ1v) is 7.16. The minimum absolute atomic E-state index is 0.597. The van der Waals surface area contributed by atoms with E-state index in [1.807, 2.05) is 25.1 Å². The van der Waals surface area contributed by atoms with Crippen LogP contribution in [-0.4, -0.2) is 28.1 Å². The van der Waals surface area contributed by atoms with Crippen LogP contribution in [0.1, 0.15) is 12.7 Å². The number of hydrogen-bond donors (Lipinski definition) is 0. The molecule has 0 aliphatic carbocycles. The van der Waals surface area contributed by atoms with Gasteiger partial charge in [-0.15, -0.1) is 0 Å². The first-order chi connectivity index (χ1) is 8.74. The van der Waals surface area contributed by atoms with Gasteiger partial charge in [-0.2, -0.15) is 0 Å². The molecule has 96 valence electrons. The molecule has 1 aliphatic rings. The van der Waals surface area contributed by atoms with Crippen molar-refractivity contribution >= 4 is 27.0 Å². The van der Waals surface area contributed by atoms with Crippen LogP contribution in [0, 0.1) is 0 Å². The van der Waals surface area contributed by atoms with Gasteiger partial charge in [0.1, 0.15) is 0 Å². The predicted molar refractivity (Wildman–Crippen MR) is 72.8 cm³/mol. The van der Waals surface area contributed by atoms with E-state index in [4.69, 9.17) is 9.47 Å². The number of hydrogen-bond acceptors (Lipinski definition) is 3. The maximum Gasteiger partial charge on any atom is 0.225 e. The monoisotopic (exact) mass is 310 g/mol. The van der Waals surface area contributed by atoms with Crippen molar-refractivity contribution < 1.29 is 9.47 Å². The standard InChI is InChI=1S/C13H15BrN2O2/c1-13(17-8-6-14)12-15-10-4-2-3-5-11(10)16(12)7-9-18-13/h2-5H,6-9H2,1H3. The van der Waals surface area contributed by atoms with Crippen LogP contribution < -0.4 is 0 Å². The van der Waals surface area contributed by atoms with E-state index < -0.39 is 5.79 Å². The first kappa shape index (κ1) is 12.1. The van der Waals surface area contributed by atoms with E-state index >= 15 is 0 Å². The summed E-state index contributed by atoms with van der Waals surface area (Å²) in [6.07, 6.45) is 0. The van der Waals surface area contributed by atoms with E-state index in [0.29, 0.717) is 13.2 Å². The van der Waals surface area contributed by atoms with Gasteiger partial charge >= 0.3 is 0 Å². The molecule has 5 heteroatoms. The summed E-state index contributed by atoms with van der Waals surface area (Å²) in [6.45, 7) is 4.00. The molecule has 0 saturated carbocycles. The van der Waals surface area contributed by atoms with E-state index in [1.165, 1.54) is 0 Å². The molecule has 1 unspecified atom stereocenters. The Hall–Kier alpha value is -0.910. The van der Waals surface area contributed by atoms with Gasteiger partial charge in [0.25, 0.3) is 0 Å². The number of fused-ring (bicyclic) bond motifs is 3. The fourth-order valence-electron chi connectivity index (χ4n) is 2.38. The van der Waals surface area contributed by atoms with Crippen LogP contribution in [0.2, 0.25) is 0 Å². The van der Waals surface area contributed by atoms with Crippen molar-refractivity contribution in [3.05, 3.63) is 30.1 Å². The van der Waals surface area contributed by atoms with Crippen molar-refractivity contribution in [2.75, 3.05) is 18.5 Å². The molecule has 0 radical (unpaired) electrons. The average Bonchev–Trinajstić information content (AvgIpc) is 2.77. The third-order valence-corrected chi connectivity index (χ3v) is 3.53. The van der Waals surface area contributed by atoms with Gasteiger partial charge in [0.15, 0.2) is 5.82 Å². The highest BCUT2D eigenvalue weighted by molar-refractivity contribution is 9.09. The molecular formula is C13H15BrN2O2. The van der Waals surface area contributed by atoms with Crippen molar-refractivity contribution in [3.63, 3.8) is 0 Å². The van der Waals surface area contributed by atoms with Crippen molar-refractivity contribution in [1.82, 2.24) is 9.55 Å². The SMILES string of the molecule is CC1(OCCBr)OCCn2c1nc1ccccc12.